The average Bonchev–Trinajstić information content (AvgIpc) is 2.52. The van der Waals surface area contributed by atoms with Crippen molar-refractivity contribution in [3.8, 4) is 6.07 Å². The molecule has 0 aliphatic rings. The number of rotatable bonds is 6. The molecule has 20 heavy (non-hydrogen) atoms. The first-order valence-electron chi connectivity index (χ1n) is 6.34. The lowest BCUT2D eigenvalue weighted by Gasteiger charge is -2.17. The van der Waals surface area contributed by atoms with Gasteiger partial charge in [-0.2, -0.15) is 5.26 Å². The highest BCUT2D eigenvalue weighted by Crippen LogP contribution is 2.06. The summed E-state index contributed by atoms with van der Waals surface area (Å²) in [6, 6.07) is 12.0. The van der Waals surface area contributed by atoms with Gasteiger partial charge in [-0.15, -0.1) is 0 Å². The van der Waals surface area contributed by atoms with Crippen LogP contribution in [0.25, 0.3) is 0 Å². The Kier molecular flexibility index (Phi) is 5.04. The monoisotopic (exact) mass is 268 g/mol. The van der Waals surface area contributed by atoms with Crippen LogP contribution in [0.5, 0.6) is 0 Å². The molecule has 5 heteroatoms. The van der Waals surface area contributed by atoms with Crippen molar-refractivity contribution in [3.05, 3.63) is 54.0 Å². The predicted octanol–water partition coefficient (Wildman–Crippen LogP) is 2.00. The molecule has 0 aliphatic heterocycles. The van der Waals surface area contributed by atoms with E-state index in [2.05, 4.69) is 9.97 Å². The lowest BCUT2D eigenvalue weighted by Crippen LogP contribution is -2.23. The molecule has 2 rings (SSSR count). The molecule has 1 aromatic carbocycles. The van der Waals surface area contributed by atoms with Gasteiger partial charge in [0, 0.05) is 13.6 Å². The van der Waals surface area contributed by atoms with Crippen molar-refractivity contribution < 1.29 is 4.74 Å². The Morgan fingerprint density at radius 2 is 2.00 bits per heavy atom. The van der Waals surface area contributed by atoms with Crippen LogP contribution in [0.1, 0.15) is 11.3 Å². The maximum atomic E-state index is 8.66. The zero-order valence-electron chi connectivity index (χ0n) is 11.4. The van der Waals surface area contributed by atoms with Crippen LogP contribution in [0.2, 0.25) is 0 Å². The van der Waals surface area contributed by atoms with Crippen molar-refractivity contribution in [3.63, 3.8) is 0 Å². The van der Waals surface area contributed by atoms with Crippen molar-refractivity contribution in [2.75, 3.05) is 25.1 Å². The lowest BCUT2D eigenvalue weighted by atomic mass is 10.2. The van der Waals surface area contributed by atoms with Crippen molar-refractivity contribution in [1.82, 2.24) is 9.97 Å². The van der Waals surface area contributed by atoms with E-state index in [4.69, 9.17) is 10.00 Å². The van der Waals surface area contributed by atoms with Gasteiger partial charge in [0.2, 0.25) is 0 Å². The molecule has 1 heterocycles. The first-order valence-corrected chi connectivity index (χ1v) is 6.34. The maximum Gasteiger partial charge on any atom is 0.158 e. The number of benzene rings is 1. The highest BCUT2D eigenvalue weighted by atomic mass is 16.5. The Hall–Kier alpha value is -2.45. The van der Waals surface area contributed by atoms with Crippen LogP contribution in [0.3, 0.4) is 0 Å². The van der Waals surface area contributed by atoms with Crippen LogP contribution in [0, 0.1) is 11.3 Å². The van der Waals surface area contributed by atoms with Crippen LogP contribution in [-0.4, -0.2) is 30.2 Å². The molecule has 0 radical (unpaired) electrons. The molecule has 0 spiro atoms. The second kappa shape index (κ2) is 7.22. The molecule has 1 aromatic heterocycles. The maximum absolute atomic E-state index is 8.66. The van der Waals surface area contributed by atoms with Crippen LogP contribution in [0.4, 0.5) is 5.82 Å². The van der Waals surface area contributed by atoms with Gasteiger partial charge in [-0.1, -0.05) is 30.3 Å². The summed E-state index contributed by atoms with van der Waals surface area (Å²) >= 11 is 0. The summed E-state index contributed by atoms with van der Waals surface area (Å²) in [4.78, 5) is 10.1. The van der Waals surface area contributed by atoms with E-state index in [9.17, 15) is 0 Å². The highest BCUT2D eigenvalue weighted by molar-refractivity contribution is 5.35. The van der Waals surface area contributed by atoms with Gasteiger partial charge < -0.3 is 9.64 Å². The lowest BCUT2D eigenvalue weighted by molar-refractivity contribution is 0.127. The molecule has 0 amide bonds. The van der Waals surface area contributed by atoms with E-state index in [-0.39, 0.29) is 0 Å². The summed E-state index contributed by atoms with van der Waals surface area (Å²) in [5, 5.41) is 8.66. The standard InChI is InChI=1S/C15H16N4O/c1-19(15-11-17-14(9-16)10-18-15)7-8-20-12-13-5-3-2-4-6-13/h2-6,10-11H,7-8,12H2,1H3. The normalized spacial score (nSPS) is 10.0. The summed E-state index contributed by atoms with van der Waals surface area (Å²) in [7, 11) is 1.92. The summed E-state index contributed by atoms with van der Waals surface area (Å²) in [6.07, 6.45) is 3.06. The third-order valence-electron chi connectivity index (χ3n) is 2.83. The zero-order chi connectivity index (χ0) is 14.2. The van der Waals surface area contributed by atoms with E-state index in [1.807, 2.05) is 48.3 Å². The first kappa shape index (κ1) is 14.0. The van der Waals surface area contributed by atoms with Crippen molar-refractivity contribution in [2.24, 2.45) is 0 Å². The van der Waals surface area contributed by atoms with Gasteiger partial charge in [0.15, 0.2) is 5.69 Å². The summed E-state index contributed by atoms with van der Waals surface area (Å²) in [5.74, 6) is 0.729. The van der Waals surface area contributed by atoms with E-state index in [0.29, 0.717) is 25.5 Å². The Morgan fingerprint density at radius 1 is 1.20 bits per heavy atom. The number of nitriles is 1. The molecule has 0 saturated carbocycles. The number of anilines is 1. The van der Waals surface area contributed by atoms with E-state index < -0.39 is 0 Å². The SMILES string of the molecule is CN(CCOCc1ccccc1)c1cnc(C#N)cn1. The van der Waals surface area contributed by atoms with Gasteiger partial charge in [0.1, 0.15) is 11.9 Å². The largest absolute Gasteiger partial charge is 0.375 e. The molecular formula is C15H16N4O. The van der Waals surface area contributed by atoms with E-state index in [1.165, 1.54) is 6.20 Å². The fraction of sp³-hybridized carbons (Fsp3) is 0.267. The summed E-state index contributed by atoms with van der Waals surface area (Å²) in [6.45, 7) is 1.92. The Balaban J connectivity index is 1.74. The van der Waals surface area contributed by atoms with Gasteiger partial charge in [0.05, 0.1) is 25.6 Å². The van der Waals surface area contributed by atoms with Crippen LogP contribution >= 0.6 is 0 Å². The minimum atomic E-state index is 0.322. The minimum Gasteiger partial charge on any atom is -0.375 e. The van der Waals surface area contributed by atoms with Gasteiger partial charge in [0.25, 0.3) is 0 Å². The molecule has 0 N–H and O–H groups in total. The molecule has 0 aliphatic carbocycles. The van der Waals surface area contributed by atoms with Crippen LogP contribution < -0.4 is 4.90 Å². The second-order valence-electron chi connectivity index (χ2n) is 4.33. The van der Waals surface area contributed by atoms with E-state index in [1.54, 1.807) is 6.20 Å². The van der Waals surface area contributed by atoms with Crippen molar-refractivity contribution in [2.45, 2.75) is 6.61 Å². The molecule has 0 bridgehead atoms. The van der Waals surface area contributed by atoms with E-state index in [0.717, 1.165) is 11.4 Å². The predicted molar refractivity (Wildman–Crippen MR) is 76.1 cm³/mol. The number of aromatic nitrogens is 2. The van der Waals surface area contributed by atoms with Gasteiger partial charge in [-0.05, 0) is 5.56 Å². The molecule has 0 fully saturated rings. The Morgan fingerprint density at radius 3 is 2.65 bits per heavy atom. The van der Waals surface area contributed by atoms with Crippen LogP contribution in [0.15, 0.2) is 42.7 Å². The average molecular weight is 268 g/mol. The zero-order valence-corrected chi connectivity index (χ0v) is 11.4. The molecule has 0 atom stereocenters. The quantitative estimate of drug-likeness (QED) is 0.750. The van der Waals surface area contributed by atoms with Gasteiger partial charge >= 0.3 is 0 Å². The molecule has 0 saturated heterocycles. The Labute approximate surface area is 118 Å². The highest BCUT2D eigenvalue weighted by Gasteiger charge is 2.03. The number of hydrogen-bond acceptors (Lipinski definition) is 5. The number of ether oxygens (including phenoxy) is 1. The van der Waals surface area contributed by atoms with E-state index >= 15 is 0 Å². The molecule has 0 unspecified atom stereocenters. The second-order valence-corrected chi connectivity index (χ2v) is 4.33. The smallest absolute Gasteiger partial charge is 0.158 e. The third-order valence-corrected chi connectivity index (χ3v) is 2.83. The summed E-state index contributed by atoms with van der Waals surface area (Å²) < 4.78 is 5.61. The fourth-order valence-electron chi connectivity index (χ4n) is 1.66. The molecular weight excluding hydrogens is 252 g/mol. The van der Waals surface area contributed by atoms with Crippen molar-refractivity contribution in [1.29, 1.82) is 5.26 Å². The molecule has 5 nitrogen and oxygen atoms in total. The minimum absolute atomic E-state index is 0.322. The topological polar surface area (TPSA) is 62.0 Å². The third kappa shape index (κ3) is 4.04. The number of nitrogens with zero attached hydrogens (tertiary/aromatic N) is 4. The summed E-state index contributed by atoms with van der Waals surface area (Å²) in [5.41, 5.74) is 1.48. The Bertz CT molecular complexity index is 563. The number of likely N-dealkylation sites (N-methyl/N-ethyl adjacent to an activating group) is 1. The van der Waals surface area contributed by atoms with Crippen molar-refractivity contribution >= 4 is 5.82 Å². The fourth-order valence-corrected chi connectivity index (χ4v) is 1.66. The number of hydrogen-bond donors (Lipinski definition) is 0. The molecule has 102 valence electrons. The van der Waals surface area contributed by atoms with Crippen LogP contribution in [-0.2, 0) is 11.3 Å². The van der Waals surface area contributed by atoms with Gasteiger partial charge in [-0.25, -0.2) is 9.97 Å². The molecule has 2 aromatic rings. The van der Waals surface area contributed by atoms with Gasteiger partial charge in [-0.3, -0.25) is 0 Å². The first-order chi connectivity index (χ1) is 9.79.